The highest BCUT2D eigenvalue weighted by molar-refractivity contribution is 5.79. The van der Waals surface area contributed by atoms with Crippen LogP contribution < -0.4 is 10.6 Å². The Hall–Kier alpha value is -1.60. The van der Waals surface area contributed by atoms with E-state index in [-0.39, 0.29) is 12.0 Å². The molecule has 0 radical (unpaired) electrons. The maximum Gasteiger partial charge on any atom is 0.416 e. The van der Waals surface area contributed by atoms with Gasteiger partial charge in [-0.15, -0.1) is 0 Å². The minimum absolute atomic E-state index is 0.0187. The van der Waals surface area contributed by atoms with Gasteiger partial charge in [0.2, 0.25) is 5.91 Å². The van der Waals surface area contributed by atoms with E-state index in [2.05, 4.69) is 10.6 Å². The third-order valence-electron chi connectivity index (χ3n) is 2.78. The van der Waals surface area contributed by atoms with Gasteiger partial charge in [-0.1, -0.05) is 18.2 Å². The number of alkyl halides is 3. The van der Waals surface area contributed by atoms with Crippen molar-refractivity contribution < 1.29 is 22.7 Å². The van der Waals surface area contributed by atoms with Crippen molar-refractivity contribution in [3.05, 3.63) is 35.4 Å². The summed E-state index contributed by atoms with van der Waals surface area (Å²) in [5, 5.41) is 5.60. The molecule has 0 atom stereocenters. The normalized spacial score (nSPS) is 11.4. The molecule has 0 fully saturated rings. The molecule has 0 aromatic heterocycles. The summed E-state index contributed by atoms with van der Waals surface area (Å²) >= 11 is 0. The van der Waals surface area contributed by atoms with Crippen molar-refractivity contribution in [1.82, 2.24) is 10.6 Å². The molecule has 0 spiro atoms. The molecular formula is C14H19F3N2O2. The number of carbonyl (C=O) groups is 1. The fourth-order valence-electron chi connectivity index (χ4n) is 1.78. The summed E-state index contributed by atoms with van der Waals surface area (Å²) in [7, 11) is 1.58. The predicted octanol–water partition coefficient (Wildman–Crippen LogP) is 1.60. The molecule has 118 valence electrons. The van der Waals surface area contributed by atoms with Crippen LogP contribution in [0.3, 0.4) is 0 Å². The number of hydrogen-bond acceptors (Lipinski definition) is 3. The molecule has 21 heavy (non-hydrogen) atoms. The molecule has 0 heterocycles. The fraction of sp³-hybridized carbons (Fsp3) is 0.500. The molecule has 1 amide bonds. The summed E-state index contributed by atoms with van der Waals surface area (Å²) in [5.41, 5.74) is -0.784. The Morgan fingerprint density at radius 1 is 1.19 bits per heavy atom. The Bertz CT molecular complexity index is 450. The van der Waals surface area contributed by atoms with E-state index in [9.17, 15) is 18.0 Å². The van der Waals surface area contributed by atoms with Crippen LogP contribution in [-0.2, 0) is 22.1 Å². The molecule has 0 aliphatic heterocycles. The smallest absolute Gasteiger partial charge is 0.383 e. The molecule has 1 aromatic rings. The fourth-order valence-corrected chi connectivity index (χ4v) is 1.78. The molecule has 0 unspecified atom stereocenters. The lowest BCUT2D eigenvalue weighted by Crippen LogP contribution is -2.34. The molecule has 0 saturated carbocycles. The second-order valence-corrected chi connectivity index (χ2v) is 4.42. The quantitative estimate of drug-likeness (QED) is 0.717. The summed E-state index contributed by atoms with van der Waals surface area (Å²) in [6, 6.07) is 5.10. The second-order valence-electron chi connectivity index (χ2n) is 4.42. The Labute approximate surface area is 121 Å². The number of hydrogen-bond donors (Lipinski definition) is 2. The van der Waals surface area contributed by atoms with E-state index in [1.165, 1.54) is 18.2 Å². The van der Waals surface area contributed by atoms with E-state index < -0.39 is 17.6 Å². The highest BCUT2D eigenvalue weighted by atomic mass is 19.4. The highest BCUT2D eigenvalue weighted by Gasteiger charge is 2.33. The van der Waals surface area contributed by atoms with E-state index >= 15 is 0 Å². The second kappa shape index (κ2) is 8.63. The van der Waals surface area contributed by atoms with Gasteiger partial charge in [-0.05, 0) is 11.6 Å². The van der Waals surface area contributed by atoms with Gasteiger partial charge in [0.15, 0.2) is 0 Å². The molecule has 0 bridgehead atoms. The zero-order valence-electron chi connectivity index (χ0n) is 11.8. The van der Waals surface area contributed by atoms with E-state index in [0.717, 1.165) is 6.07 Å². The summed E-state index contributed by atoms with van der Waals surface area (Å²) in [4.78, 5) is 11.6. The van der Waals surface area contributed by atoms with Crippen LogP contribution in [0.4, 0.5) is 13.2 Å². The van der Waals surface area contributed by atoms with Crippen LogP contribution in [0.5, 0.6) is 0 Å². The van der Waals surface area contributed by atoms with Gasteiger partial charge < -0.3 is 15.4 Å². The van der Waals surface area contributed by atoms with Crippen molar-refractivity contribution in [2.24, 2.45) is 0 Å². The summed E-state index contributed by atoms with van der Waals surface area (Å²) in [6.45, 7) is 2.11. The van der Waals surface area contributed by atoms with E-state index in [1.807, 2.05) is 0 Å². The van der Waals surface area contributed by atoms with Crippen LogP contribution >= 0.6 is 0 Å². The van der Waals surface area contributed by atoms with Crippen LogP contribution in [0.1, 0.15) is 11.1 Å². The van der Waals surface area contributed by atoms with Crippen molar-refractivity contribution >= 4 is 5.91 Å². The number of carbonyl (C=O) groups excluding carboxylic acids is 1. The third-order valence-corrected chi connectivity index (χ3v) is 2.78. The minimum Gasteiger partial charge on any atom is -0.383 e. The molecule has 2 N–H and O–H groups in total. The number of halogens is 3. The van der Waals surface area contributed by atoms with Crippen LogP contribution in [0.25, 0.3) is 0 Å². The number of benzene rings is 1. The maximum absolute atomic E-state index is 12.8. The van der Waals surface area contributed by atoms with Gasteiger partial charge in [-0.25, -0.2) is 0 Å². The summed E-state index contributed by atoms with van der Waals surface area (Å²) < 4.78 is 43.1. The number of nitrogens with one attached hydrogen (secondary N) is 2. The standard InChI is InChI=1S/C14H19F3N2O2/c1-21-9-8-18-6-7-19-13(20)10-11-4-2-3-5-12(11)14(15,16)17/h2-5,18H,6-10H2,1H3,(H,19,20). The van der Waals surface area contributed by atoms with E-state index in [4.69, 9.17) is 4.74 Å². The molecule has 0 aliphatic carbocycles. The van der Waals surface area contributed by atoms with Gasteiger partial charge in [-0.3, -0.25) is 4.79 Å². The van der Waals surface area contributed by atoms with Gasteiger partial charge in [0.1, 0.15) is 0 Å². The number of methoxy groups -OCH3 is 1. The van der Waals surface area contributed by atoms with Crippen molar-refractivity contribution in [1.29, 1.82) is 0 Å². The average molecular weight is 304 g/mol. The minimum atomic E-state index is -4.45. The summed E-state index contributed by atoms with van der Waals surface area (Å²) in [5.74, 6) is -0.430. The third kappa shape index (κ3) is 6.59. The highest BCUT2D eigenvalue weighted by Crippen LogP contribution is 2.31. The summed E-state index contributed by atoms with van der Waals surface area (Å²) in [6.07, 6.45) is -4.73. The first-order chi connectivity index (χ1) is 9.95. The lowest BCUT2D eigenvalue weighted by atomic mass is 10.0. The topological polar surface area (TPSA) is 50.4 Å². The van der Waals surface area contributed by atoms with Crippen LogP contribution in [0.2, 0.25) is 0 Å². The first-order valence-corrected chi connectivity index (χ1v) is 6.56. The Morgan fingerprint density at radius 2 is 1.90 bits per heavy atom. The van der Waals surface area contributed by atoms with Gasteiger partial charge in [0, 0.05) is 26.7 Å². The van der Waals surface area contributed by atoms with E-state index in [1.54, 1.807) is 7.11 Å². The molecule has 4 nitrogen and oxygen atoms in total. The van der Waals surface area contributed by atoms with Gasteiger partial charge in [0.05, 0.1) is 18.6 Å². The predicted molar refractivity (Wildman–Crippen MR) is 72.9 cm³/mol. The number of amides is 1. The Balaban J connectivity index is 2.42. The van der Waals surface area contributed by atoms with Crippen LogP contribution in [0.15, 0.2) is 24.3 Å². The molecule has 0 saturated heterocycles. The molecule has 7 heteroatoms. The van der Waals surface area contributed by atoms with Gasteiger partial charge in [0.25, 0.3) is 0 Å². The molecule has 0 aliphatic rings. The lowest BCUT2D eigenvalue weighted by Gasteiger charge is -2.12. The Morgan fingerprint density at radius 3 is 2.57 bits per heavy atom. The zero-order valence-corrected chi connectivity index (χ0v) is 11.8. The maximum atomic E-state index is 12.8. The molecule has 1 aromatic carbocycles. The average Bonchev–Trinajstić information content (AvgIpc) is 2.42. The lowest BCUT2D eigenvalue weighted by molar-refractivity contribution is -0.138. The van der Waals surface area contributed by atoms with E-state index in [0.29, 0.717) is 26.2 Å². The number of rotatable bonds is 8. The number of ether oxygens (including phenoxy) is 1. The SMILES string of the molecule is COCCNCCNC(=O)Cc1ccccc1C(F)(F)F. The van der Waals surface area contributed by atoms with Crippen LogP contribution in [-0.4, -0.2) is 39.3 Å². The van der Waals surface area contributed by atoms with Crippen molar-refractivity contribution in [3.63, 3.8) is 0 Å². The van der Waals surface area contributed by atoms with Crippen LogP contribution in [0, 0.1) is 0 Å². The van der Waals surface area contributed by atoms with Crippen molar-refractivity contribution in [2.45, 2.75) is 12.6 Å². The van der Waals surface area contributed by atoms with Crippen molar-refractivity contribution in [2.75, 3.05) is 33.4 Å². The first kappa shape index (κ1) is 17.5. The first-order valence-electron chi connectivity index (χ1n) is 6.56. The molecular weight excluding hydrogens is 285 g/mol. The van der Waals surface area contributed by atoms with Gasteiger partial charge >= 0.3 is 6.18 Å². The Kier molecular flexibility index (Phi) is 7.18. The zero-order chi connectivity index (χ0) is 15.7. The molecule has 1 rings (SSSR count). The largest absolute Gasteiger partial charge is 0.416 e. The monoisotopic (exact) mass is 304 g/mol. The van der Waals surface area contributed by atoms with Gasteiger partial charge in [-0.2, -0.15) is 13.2 Å². The van der Waals surface area contributed by atoms with Crippen molar-refractivity contribution in [3.8, 4) is 0 Å².